The highest BCUT2D eigenvalue weighted by Gasteiger charge is 2.30. The largest absolute Gasteiger partial charge is 0.494 e. The van der Waals surface area contributed by atoms with E-state index >= 15 is 0 Å². The number of nitrogens with zero attached hydrogens (tertiary/aromatic N) is 1. The van der Waals surface area contributed by atoms with E-state index in [1.165, 1.54) is 0 Å². The Balaban J connectivity index is 1.51. The third-order valence-electron chi connectivity index (χ3n) is 6.30. The van der Waals surface area contributed by atoms with Crippen LogP contribution in [0.25, 0.3) is 0 Å². The maximum atomic E-state index is 12.9. The molecule has 0 atom stereocenters. The first-order chi connectivity index (χ1) is 17.3. The summed E-state index contributed by atoms with van der Waals surface area (Å²) in [5, 5.41) is 0. The van der Waals surface area contributed by atoms with Gasteiger partial charge in [-0.25, -0.2) is 4.79 Å². The molecule has 0 spiro atoms. The summed E-state index contributed by atoms with van der Waals surface area (Å²) in [6.07, 6.45) is 4.31. The molecule has 194 valence electrons. The van der Waals surface area contributed by atoms with Crippen LogP contribution in [-0.2, 0) is 14.3 Å². The van der Waals surface area contributed by atoms with Crippen LogP contribution in [0.1, 0.15) is 80.0 Å². The van der Waals surface area contributed by atoms with Crippen molar-refractivity contribution in [3.8, 4) is 5.75 Å². The van der Waals surface area contributed by atoms with E-state index in [9.17, 15) is 14.4 Å². The molecule has 1 saturated carbocycles. The summed E-state index contributed by atoms with van der Waals surface area (Å²) in [4.78, 5) is 39.1. The third-order valence-corrected chi connectivity index (χ3v) is 6.30. The van der Waals surface area contributed by atoms with Crippen molar-refractivity contribution in [2.75, 3.05) is 18.6 Å². The maximum Gasteiger partial charge on any atom is 0.338 e. The van der Waals surface area contributed by atoms with E-state index in [1.54, 1.807) is 60.5 Å². The molecular weight excluding hydrogens is 458 g/mol. The average molecular weight is 496 g/mol. The van der Waals surface area contributed by atoms with E-state index in [1.807, 2.05) is 13.8 Å². The van der Waals surface area contributed by atoms with Gasteiger partial charge in [-0.05, 0) is 94.5 Å². The second kappa shape index (κ2) is 13.1. The molecule has 7 heteroatoms. The van der Waals surface area contributed by atoms with Crippen LogP contribution in [0.15, 0.2) is 48.5 Å². The first kappa shape index (κ1) is 27.2. The van der Waals surface area contributed by atoms with Gasteiger partial charge in [0.05, 0.1) is 24.2 Å². The van der Waals surface area contributed by atoms with Crippen molar-refractivity contribution in [1.82, 2.24) is 0 Å². The van der Waals surface area contributed by atoms with Gasteiger partial charge in [0.15, 0.2) is 0 Å². The van der Waals surface area contributed by atoms with Crippen molar-refractivity contribution >= 4 is 23.5 Å². The maximum absolute atomic E-state index is 12.9. The summed E-state index contributed by atoms with van der Waals surface area (Å²) >= 11 is 0. The van der Waals surface area contributed by atoms with Crippen molar-refractivity contribution < 1.29 is 28.6 Å². The summed E-state index contributed by atoms with van der Waals surface area (Å²) in [5.74, 6) is -0.102. The minimum absolute atomic E-state index is 0.124. The first-order valence-electron chi connectivity index (χ1n) is 12.8. The van der Waals surface area contributed by atoms with Gasteiger partial charge in [-0.3, -0.25) is 9.59 Å². The highest BCUT2D eigenvalue weighted by Crippen LogP contribution is 2.28. The zero-order chi connectivity index (χ0) is 26.1. The zero-order valence-corrected chi connectivity index (χ0v) is 21.7. The lowest BCUT2D eigenvalue weighted by Crippen LogP contribution is -2.30. The molecule has 0 aliphatic heterocycles. The number of amides is 1. The van der Waals surface area contributed by atoms with Crippen LogP contribution in [-0.4, -0.2) is 43.7 Å². The molecule has 36 heavy (non-hydrogen) atoms. The molecule has 2 aromatic rings. The fourth-order valence-corrected chi connectivity index (χ4v) is 4.12. The number of hydrogen-bond acceptors (Lipinski definition) is 6. The van der Waals surface area contributed by atoms with Crippen molar-refractivity contribution in [3.63, 3.8) is 0 Å². The SMILES string of the molecule is CCCCOc1ccc(C(=O)N(C)c2ccc(C(=O)OC3CCC(C(=O)OC(C)C)CC3)cc2)cc1. The van der Waals surface area contributed by atoms with Crippen molar-refractivity contribution in [3.05, 3.63) is 59.7 Å². The summed E-state index contributed by atoms with van der Waals surface area (Å²) < 4.78 is 16.6. The lowest BCUT2D eigenvalue weighted by Gasteiger charge is -2.27. The van der Waals surface area contributed by atoms with E-state index in [0.717, 1.165) is 18.6 Å². The lowest BCUT2D eigenvalue weighted by molar-refractivity contribution is -0.154. The molecule has 3 rings (SSSR count). The second-order valence-electron chi connectivity index (χ2n) is 9.50. The molecule has 1 fully saturated rings. The van der Waals surface area contributed by atoms with Gasteiger partial charge in [-0.1, -0.05) is 13.3 Å². The average Bonchev–Trinajstić information content (AvgIpc) is 2.88. The Morgan fingerprint density at radius 3 is 2.11 bits per heavy atom. The number of unbranched alkanes of at least 4 members (excludes halogenated alkanes) is 1. The molecule has 0 aromatic heterocycles. The Bertz CT molecular complexity index is 1010. The number of benzene rings is 2. The van der Waals surface area contributed by atoms with E-state index in [4.69, 9.17) is 14.2 Å². The second-order valence-corrected chi connectivity index (χ2v) is 9.50. The molecule has 0 saturated heterocycles. The van der Waals surface area contributed by atoms with Crippen molar-refractivity contribution in [2.45, 2.75) is 71.5 Å². The van der Waals surface area contributed by atoms with E-state index in [-0.39, 0.29) is 30.0 Å². The number of esters is 2. The van der Waals surface area contributed by atoms with Gasteiger partial charge in [0.1, 0.15) is 11.9 Å². The summed E-state index contributed by atoms with van der Waals surface area (Å²) in [6.45, 7) is 6.45. The monoisotopic (exact) mass is 495 g/mol. The standard InChI is InChI=1S/C29H37NO6/c1-5-6-19-34-25-15-9-21(10-16-25)27(31)30(4)24-13-7-22(8-14-24)29(33)36-26-17-11-23(12-18-26)28(32)35-20(2)3/h7-10,13-16,20,23,26H,5-6,11-12,17-19H2,1-4H3. The third kappa shape index (κ3) is 7.57. The van der Waals surface area contributed by atoms with Gasteiger partial charge in [-0.2, -0.15) is 0 Å². The van der Waals surface area contributed by atoms with Crippen LogP contribution >= 0.6 is 0 Å². The summed E-state index contributed by atoms with van der Waals surface area (Å²) in [7, 11) is 1.70. The highest BCUT2D eigenvalue weighted by molar-refractivity contribution is 6.06. The van der Waals surface area contributed by atoms with Crippen molar-refractivity contribution in [1.29, 1.82) is 0 Å². The number of hydrogen-bond donors (Lipinski definition) is 0. The van der Waals surface area contributed by atoms with Gasteiger partial charge in [0.25, 0.3) is 5.91 Å². The van der Waals surface area contributed by atoms with Gasteiger partial charge in [0, 0.05) is 18.3 Å². The molecule has 2 aromatic carbocycles. The van der Waals surface area contributed by atoms with Crippen LogP contribution < -0.4 is 9.64 Å². The first-order valence-corrected chi connectivity index (χ1v) is 12.8. The van der Waals surface area contributed by atoms with Gasteiger partial charge in [-0.15, -0.1) is 0 Å². The quantitative estimate of drug-likeness (QED) is 0.306. The molecule has 0 N–H and O–H groups in total. The van der Waals surface area contributed by atoms with E-state index in [0.29, 0.717) is 49.1 Å². The Hall–Kier alpha value is -3.35. The van der Waals surface area contributed by atoms with Gasteiger partial charge >= 0.3 is 11.9 Å². The van der Waals surface area contributed by atoms with Crippen LogP contribution in [0.5, 0.6) is 5.75 Å². The molecule has 0 radical (unpaired) electrons. The smallest absolute Gasteiger partial charge is 0.338 e. The number of carbonyl (C=O) groups excluding carboxylic acids is 3. The molecule has 1 aliphatic carbocycles. The number of ether oxygens (including phenoxy) is 3. The van der Waals surface area contributed by atoms with Crippen LogP contribution in [0, 0.1) is 5.92 Å². The number of carbonyl (C=O) groups is 3. The van der Waals surface area contributed by atoms with Crippen molar-refractivity contribution in [2.24, 2.45) is 5.92 Å². The minimum Gasteiger partial charge on any atom is -0.494 e. The molecule has 7 nitrogen and oxygen atoms in total. The fourth-order valence-electron chi connectivity index (χ4n) is 4.12. The zero-order valence-electron chi connectivity index (χ0n) is 21.7. The normalized spacial score (nSPS) is 17.4. The van der Waals surface area contributed by atoms with Crippen LogP contribution in [0.4, 0.5) is 5.69 Å². The van der Waals surface area contributed by atoms with Crippen LogP contribution in [0.2, 0.25) is 0 Å². The van der Waals surface area contributed by atoms with E-state index < -0.39 is 5.97 Å². The molecule has 0 unspecified atom stereocenters. The van der Waals surface area contributed by atoms with Gasteiger partial charge in [0.2, 0.25) is 0 Å². The lowest BCUT2D eigenvalue weighted by atomic mass is 9.87. The molecule has 0 heterocycles. The highest BCUT2D eigenvalue weighted by atomic mass is 16.5. The topological polar surface area (TPSA) is 82.1 Å². The predicted octanol–water partition coefficient (Wildman–Crippen LogP) is 5.81. The molecule has 0 bridgehead atoms. The fraction of sp³-hybridized carbons (Fsp3) is 0.483. The predicted molar refractivity (Wildman–Crippen MR) is 138 cm³/mol. The molecule has 1 amide bonds. The Kier molecular flexibility index (Phi) is 9.91. The molecular formula is C29H37NO6. The number of anilines is 1. The minimum atomic E-state index is -0.401. The van der Waals surface area contributed by atoms with E-state index in [2.05, 4.69) is 6.92 Å². The Labute approximate surface area is 213 Å². The molecule has 1 aliphatic rings. The summed E-state index contributed by atoms with van der Waals surface area (Å²) in [6, 6.07) is 13.9. The Morgan fingerprint density at radius 2 is 1.53 bits per heavy atom. The summed E-state index contributed by atoms with van der Waals surface area (Å²) in [5.41, 5.74) is 1.65. The Morgan fingerprint density at radius 1 is 0.917 bits per heavy atom. The van der Waals surface area contributed by atoms with Crippen LogP contribution in [0.3, 0.4) is 0 Å². The van der Waals surface area contributed by atoms with Gasteiger partial charge < -0.3 is 19.1 Å². The number of rotatable bonds is 10.